The quantitative estimate of drug-likeness (QED) is 0.291. The minimum absolute atomic E-state index is 0.558. The summed E-state index contributed by atoms with van der Waals surface area (Å²) in [5, 5.41) is 6.67. The summed E-state index contributed by atoms with van der Waals surface area (Å²) in [5.74, 6) is 1.68. The molecule has 2 N–H and O–H groups in total. The van der Waals surface area contributed by atoms with Gasteiger partial charge in [0.05, 0.1) is 13.2 Å². The maximum Gasteiger partial charge on any atom is 0.191 e. The van der Waals surface area contributed by atoms with Gasteiger partial charge < -0.3 is 29.7 Å². The van der Waals surface area contributed by atoms with Gasteiger partial charge in [-0.2, -0.15) is 0 Å². The van der Waals surface area contributed by atoms with Crippen molar-refractivity contribution in [3.63, 3.8) is 0 Å². The molecule has 0 aromatic heterocycles. The molecule has 7 nitrogen and oxygen atoms in total. The van der Waals surface area contributed by atoms with Gasteiger partial charge in [-0.1, -0.05) is 12.1 Å². The smallest absolute Gasteiger partial charge is 0.191 e. The number of benzene rings is 1. The third-order valence-corrected chi connectivity index (χ3v) is 3.92. The van der Waals surface area contributed by atoms with Crippen molar-refractivity contribution in [1.82, 2.24) is 15.5 Å². The van der Waals surface area contributed by atoms with Crippen LogP contribution in [-0.2, 0) is 16.0 Å². The Morgan fingerprint density at radius 1 is 1.00 bits per heavy atom. The lowest BCUT2D eigenvalue weighted by Crippen LogP contribution is -2.41. The molecular weight excluding hydrogens is 344 g/mol. The summed E-state index contributed by atoms with van der Waals surface area (Å²) >= 11 is 0. The highest BCUT2D eigenvalue weighted by Crippen LogP contribution is 2.12. The second kappa shape index (κ2) is 15.2. The first kappa shape index (κ1) is 23.2. The summed E-state index contributed by atoms with van der Waals surface area (Å²) in [6.45, 7) is 8.32. The zero-order valence-corrected chi connectivity index (χ0v) is 17.3. The lowest BCUT2D eigenvalue weighted by Gasteiger charge is -2.18. The van der Waals surface area contributed by atoms with Gasteiger partial charge in [-0.3, -0.25) is 0 Å². The normalized spacial score (nSPS) is 11.7. The summed E-state index contributed by atoms with van der Waals surface area (Å²) in [4.78, 5) is 6.95. The van der Waals surface area contributed by atoms with Crippen molar-refractivity contribution in [3.8, 4) is 5.75 Å². The molecule has 0 saturated carbocycles. The Morgan fingerprint density at radius 2 is 1.74 bits per heavy atom. The first-order chi connectivity index (χ1) is 13.2. The number of hydrogen-bond donors (Lipinski definition) is 2. The molecule has 0 aliphatic heterocycles. The van der Waals surface area contributed by atoms with Crippen LogP contribution in [0.15, 0.2) is 29.3 Å². The van der Waals surface area contributed by atoms with E-state index in [9.17, 15) is 0 Å². The van der Waals surface area contributed by atoms with E-state index in [1.54, 1.807) is 14.2 Å². The van der Waals surface area contributed by atoms with Gasteiger partial charge in [0.2, 0.25) is 0 Å². The van der Waals surface area contributed by atoms with E-state index < -0.39 is 0 Å². The van der Waals surface area contributed by atoms with Gasteiger partial charge in [0.25, 0.3) is 0 Å². The van der Waals surface area contributed by atoms with E-state index in [0.29, 0.717) is 19.8 Å². The van der Waals surface area contributed by atoms with E-state index in [1.165, 1.54) is 0 Å². The van der Waals surface area contributed by atoms with Crippen LogP contribution in [0.4, 0.5) is 0 Å². The highest BCUT2D eigenvalue weighted by atomic mass is 16.5. The summed E-state index contributed by atoms with van der Waals surface area (Å²) in [6, 6.07) is 8.02. The number of hydrogen-bond acceptors (Lipinski definition) is 5. The molecule has 1 aromatic rings. The van der Waals surface area contributed by atoms with Crippen molar-refractivity contribution in [2.45, 2.75) is 19.9 Å². The van der Waals surface area contributed by atoms with Crippen LogP contribution >= 0.6 is 0 Å². The van der Waals surface area contributed by atoms with Gasteiger partial charge in [0.15, 0.2) is 5.96 Å². The molecule has 0 spiro atoms. The Kier molecular flexibility index (Phi) is 13.1. The van der Waals surface area contributed by atoms with Gasteiger partial charge in [0, 0.05) is 47.0 Å². The summed E-state index contributed by atoms with van der Waals surface area (Å²) < 4.78 is 15.6. The molecule has 1 aromatic carbocycles. The van der Waals surface area contributed by atoms with E-state index >= 15 is 0 Å². The second-order valence-corrected chi connectivity index (χ2v) is 6.26. The molecule has 0 heterocycles. The van der Waals surface area contributed by atoms with E-state index in [0.717, 1.165) is 56.5 Å². The molecule has 1 rings (SSSR count). The first-order valence-electron chi connectivity index (χ1n) is 9.60. The van der Waals surface area contributed by atoms with Gasteiger partial charge in [-0.05, 0) is 38.1 Å². The number of aliphatic imine (C=N–C) groups is 1. The van der Waals surface area contributed by atoms with Gasteiger partial charge >= 0.3 is 0 Å². The molecule has 0 fully saturated rings. The molecule has 0 unspecified atom stereocenters. The molecule has 0 aliphatic carbocycles. The van der Waals surface area contributed by atoms with Gasteiger partial charge in [-0.15, -0.1) is 0 Å². The van der Waals surface area contributed by atoms with Crippen LogP contribution in [0.25, 0.3) is 0 Å². The van der Waals surface area contributed by atoms with Gasteiger partial charge in [0.1, 0.15) is 12.4 Å². The minimum atomic E-state index is 0.558. The number of rotatable bonds is 14. The maximum absolute atomic E-state index is 5.58. The van der Waals surface area contributed by atoms with E-state index in [-0.39, 0.29) is 0 Å². The fourth-order valence-electron chi connectivity index (χ4n) is 2.40. The highest BCUT2D eigenvalue weighted by molar-refractivity contribution is 5.79. The number of methoxy groups -OCH3 is 2. The topological polar surface area (TPSA) is 67.4 Å². The van der Waals surface area contributed by atoms with Crippen molar-refractivity contribution in [2.75, 3.05) is 67.3 Å². The lowest BCUT2D eigenvalue weighted by atomic mass is 10.2. The van der Waals surface area contributed by atoms with Crippen LogP contribution in [0.3, 0.4) is 0 Å². The lowest BCUT2D eigenvalue weighted by molar-refractivity contribution is 0.146. The van der Waals surface area contributed by atoms with Crippen LogP contribution in [0.1, 0.15) is 18.9 Å². The molecule has 0 radical (unpaired) electrons. The van der Waals surface area contributed by atoms with E-state index in [1.807, 2.05) is 24.3 Å². The zero-order chi connectivity index (χ0) is 19.7. The van der Waals surface area contributed by atoms with Crippen LogP contribution in [0.5, 0.6) is 5.75 Å². The van der Waals surface area contributed by atoms with Crippen molar-refractivity contribution in [1.29, 1.82) is 0 Å². The molecule has 7 heteroatoms. The van der Waals surface area contributed by atoms with Crippen molar-refractivity contribution in [2.24, 2.45) is 4.99 Å². The Bertz CT molecular complexity index is 508. The molecule has 0 amide bonds. The minimum Gasteiger partial charge on any atom is -0.491 e. The van der Waals surface area contributed by atoms with Crippen LogP contribution in [-0.4, -0.2) is 78.1 Å². The molecule has 0 aliphatic rings. The third-order valence-electron chi connectivity index (χ3n) is 3.92. The summed E-state index contributed by atoms with van der Waals surface area (Å²) in [7, 11) is 5.53. The Morgan fingerprint density at radius 3 is 2.41 bits per heavy atom. The highest BCUT2D eigenvalue weighted by Gasteiger charge is 2.01. The van der Waals surface area contributed by atoms with Crippen LogP contribution < -0.4 is 15.4 Å². The Hall–Kier alpha value is -1.83. The average Bonchev–Trinajstić information content (AvgIpc) is 2.67. The predicted octanol–water partition coefficient (Wildman–Crippen LogP) is 1.74. The predicted molar refractivity (Wildman–Crippen MR) is 111 cm³/mol. The fourth-order valence-corrected chi connectivity index (χ4v) is 2.40. The molecule has 0 atom stereocenters. The first-order valence-corrected chi connectivity index (χ1v) is 9.60. The number of guanidine groups is 1. The second-order valence-electron chi connectivity index (χ2n) is 6.26. The van der Waals surface area contributed by atoms with Crippen LogP contribution in [0, 0.1) is 0 Å². The molecular formula is C20H36N4O3. The Labute approximate surface area is 164 Å². The summed E-state index contributed by atoms with van der Waals surface area (Å²) in [5.41, 5.74) is 1.14. The fraction of sp³-hybridized carbons (Fsp3) is 0.650. The van der Waals surface area contributed by atoms with Crippen molar-refractivity contribution >= 4 is 5.96 Å². The number of ether oxygens (including phenoxy) is 3. The van der Waals surface area contributed by atoms with E-state index in [2.05, 4.69) is 34.5 Å². The SMILES string of the molecule is CCNC(=NCc1ccc(OCCOC)cc1)NCCN(C)CCCOC. The van der Waals surface area contributed by atoms with Crippen LogP contribution in [0.2, 0.25) is 0 Å². The number of nitrogens with zero attached hydrogens (tertiary/aromatic N) is 2. The molecule has 154 valence electrons. The molecule has 0 bridgehead atoms. The molecule has 0 saturated heterocycles. The Balaban J connectivity index is 2.39. The number of nitrogens with one attached hydrogen (secondary N) is 2. The van der Waals surface area contributed by atoms with E-state index in [4.69, 9.17) is 14.2 Å². The summed E-state index contributed by atoms with van der Waals surface area (Å²) in [6.07, 6.45) is 1.05. The maximum atomic E-state index is 5.58. The van der Waals surface area contributed by atoms with Gasteiger partial charge in [-0.25, -0.2) is 4.99 Å². The number of likely N-dealkylation sites (N-methyl/N-ethyl adjacent to an activating group) is 1. The third kappa shape index (κ3) is 11.5. The standard InChI is InChI=1S/C20H36N4O3/c1-5-21-20(22-11-13-24(2)12-6-14-25-3)23-17-18-7-9-19(10-8-18)27-16-15-26-4/h7-10H,5-6,11-17H2,1-4H3,(H2,21,22,23). The average molecular weight is 381 g/mol. The van der Waals surface area contributed by atoms with Crippen molar-refractivity contribution < 1.29 is 14.2 Å². The molecule has 27 heavy (non-hydrogen) atoms. The largest absolute Gasteiger partial charge is 0.491 e. The van der Waals surface area contributed by atoms with Crippen molar-refractivity contribution in [3.05, 3.63) is 29.8 Å². The zero-order valence-electron chi connectivity index (χ0n) is 17.3. The monoisotopic (exact) mass is 380 g/mol.